The zero-order valence-electron chi connectivity index (χ0n) is 16.5. The van der Waals surface area contributed by atoms with Crippen molar-refractivity contribution >= 4 is 23.2 Å². The van der Waals surface area contributed by atoms with Gasteiger partial charge in [-0.25, -0.2) is 9.37 Å². The summed E-state index contributed by atoms with van der Waals surface area (Å²) in [6.07, 6.45) is 1.42. The molecule has 3 N–H and O–H groups in total. The van der Waals surface area contributed by atoms with E-state index >= 15 is 0 Å². The van der Waals surface area contributed by atoms with Gasteiger partial charge in [0.25, 0.3) is 11.8 Å². The number of carbonyl (C=O) groups is 2. The molecule has 0 spiro atoms. The average molecular weight is 415 g/mol. The maximum absolute atomic E-state index is 14.0. The molecule has 2 amide bonds. The number of aromatic nitrogens is 3. The molecule has 0 atom stereocenters. The Morgan fingerprint density at radius 2 is 1.58 bits per heavy atom. The molecule has 0 aliphatic carbocycles. The van der Waals surface area contributed by atoms with E-state index in [4.69, 9.17) is 0 Å². The van der Waals surface area contributed by atoms with E-state index in [0.717, 1.165) is 5.56 Å². The molecule has 1 aromatic heterocycles. The first kappa shape index (κ1) is 20.0. The summed E-state index contributed by atoms with van der Waals surface area (Å²) in [7, 11) is 0. The quantitative estimate of drug-likeness (QED) is 0.449. The van der Waals surface area contributed by atoms with Crippen molar-refractivity contribution in [2.24, 2.45) is 0 Å². The normalized spacial score (nSPS) is 10.5. The molecule has 0 bridgehead atoms. The first-order valence-corrected chi connectivity index (χ1v) is 9.45. The summed E-state index contributed by atoms with van der Waals surface area (Å²) in [6, 6.07) is 17.8. The number of nitrogens with zero attached hydrogens (tertiary/aromatic N) is 2. The van der Waals surface area contributed by atoms with Gasteiger partial charge >= 0.3 is 0 Å². The Morgan fingerprint density at radius 1 is 0.871 bits per heavy atom. The second kappa shape index (κ2) is 8.58. The zero-order chi connectivity index (χ0) is 21.8. The standard InChI is InChI=1S/C23H18FN5O2/c1-14-5-4-7-18(20(14)28-22(30)17-6-2-3-8-19(17)24)23(31)27-16-11-9-15(10-12-16)21-25-13-26-29-21/h2-13H,1H3,(H,27,31)(H,28,30)(H,25,26,29). The number of nitrogens with one attached hydrogen (secondary N) is 3. The van der Waals surface area contributed by atoms with Crippen molar-refractivity contribution in [2.45, 2.75) is 6.92 Å². The molecule has 0 fully saturated rings. The van der Waals surface area contributed by atoms with Crippen LogP contribution >= 0.6 is 0 Å². The lowest BCUT2D eigenvalue weighted by molar-refractivity contribution is 0.102. The number of carbonyl (C=O) groups excluding carboxylic acids is 2. The molecule has 154 valence electrons. The lowest BCUT2D eigenvalue weighted by Gasteiger charge is -2.14. The Balaban J connectivity index is 1.55. The fourth-order valence-corrected chi connectivity index (χ4v) is 3.10. The third-order valence-electron chi connectivity index (χ3n) is 4.71. The molecule has 7 nitrogen and oxygen atoms in total. The van der Waals surface area contributed by atoms with E-state index in [1.54, 1.807) is 55.5 Å². The zero-order valence-corrected chi connectivity index (χ0v) is 16.5. The molecule has 4 rings (SSSR count). The monoisotopic (exact) mass is 415 g/mol. The van der Waals surface area contributed by atoms with Gasteiger partial charge in [0.15, 0.2) is 5.82 Å². The Morgan fingerprint density at radius 3 is 2.29 bits per heavy atom. The Labute approximate surface area is 177 Å². The maximum atomic E-state index is 14.0. The molecule has 0 saturated carbocycles. The largest absolute Gasteiger partial charge is 0.322 e. The SMILES string of the molecule is Cc1cccc(C(=O)Nc2ccc(-c3ncn[nH]3)cc2)c1NC(=O)c1ccccc1F. The van der Waals surface area contributed by atoms with Crippen LogP contribution in [0.25, 0.3) is 11.4 Å². The first-order valence-electron chi connectivity index (χ1n) is 9.45. The number of benzene rings is 3. The topological polar surface area (TPSA) is 99.8 Å². The second-order valence-electron chi connectivity index (χ2n) is 6.80. The summed E-state index contributed by atoms with van der Waals surface area (Å²) < 4.78 is 14.0. The van der Waals surface area contributed by atoms with Crippen LogP contribution in [0.15, 0.2) is 73.1 Å². The number of hydrogen-bond acceptors (Lipinski definition) is 4. The average Bonchev–Trinajstić information content (AvgIpc) is 3.31. The van der Waals surface area contributed by atoms with E-state index in [0.29, 0.717) is 22.8 Å². The van der Waals surface area contributed by atoms with Crippen LogP contribution in [0, 0.1) is 12.7 Å². The van der Waals surface area contributed by atoms with Gasteiger partial charge in [-0.2, -0.15) is 5.10 Å². The molecule has 0 radical (unpaired) electrons. The van der Waals surface area contributed by atoms with Gasteiger partial charge in [0.2, 0.25) is 0 Å². The number of halogens is 1. The maximum Gasteiger partial charge on any atom is 0.258 e. The highest BCUT2D eigenvalue weighted by Gasteiger charge is 2.18. The van der Waals surface area contributed by atoms with Crippen molar-refractivity contribution in [2.75, 3.05) is 10.6 Å². The van der Waals surface area contributed by atoms with Crippen LogP contribution in [-0.2, 0) is 0 Å². The van der Waals surface area contributed by atoms with E-state index in [2.05, 4.69) is 25.8 Å². The van der Waals surface area contributed by atoms with Gasteiger partial charge in [0.05, 0.1) is 16.8 Å². The molecule has 1 heterocycles. The van der Waals surface area contributed by atoms with Crippen LogP contribution in [0.2, 0.25) is 0 Å². The molecule has 0 aliphatic rings. The number of rotatable bonds is 5. The van der Waals surface area contributed by atoms with Crippen molar-refractivity contribution in [3.8, 4) is 11.4 Å². The van der Waals surface area contributed by atoms with Gasteiger partial charge in [0.1, 0.15) is 12.1 Å². The van der Waals surface area contributed by atoms with Gasteiger partial charge < -0.3 is 10.6 Å². The number of H-pyrrole nitrogens is 1. The summed E-state index contributed by atoms with van der Waals surface area (Å²) in [5.41, 5.74) is 2.57. The molecule has 0 saturated heterocycles. The van der Waals surface area contributed by atoms with Gasteiger partial charge in [-0.05, 0) is 55.0 Å². The number of aryl methyl sites for hydroxylation is 1. The van der Waals surface area contributed by atoms with Crippen molar-refractivity contribution in [1.29, 1.82) is 0 Å². The summed E-state index contributed by atoms with van der Waals surface area (Å²) in [4.78, 5) is 29.6. The Kier molecular flexibility index (Phi) is 5.53. The summed E-state index contributed by atoms with van der Waals surface area (Å²) in [5.74, 6) is -1.04. The number of hydrogen-bond donors (Lipinski definition) is 3. The third-order valence-corrected chi connectivity index (χ3v) is 4.71. The fraction of sp³-hybridized carbons (Fsp3) is 0.0435. The van der Waals surface area contributed by atoms with E-state index < -0.39 is 17.6 Å². The summed E-state index contributed by atoms with van der Waals surface area (Å²) in [5, 5.41) is 12.1. The highest BCUT2D eigenvalue weighted by Crippen LogP contribution is 2.24. The summed E-state index contributed by atoms with van der Waals surface area (Å²) in [6.45, 7) is 1.76. The van der Waals surface area contributed by atoms with Crippen molar-refractivity contribution in [3.63, 3.8) is 0 Å². The van der Waals surface area contributed by atoms with Crippen LogP contribution in [-0.4, -0.2) is 27.0 Å². The van der Waals surface area contributed by atoms with E-state index in [1.165, 1.54) is 24.5 Å². The second-order valence-corrected chi connectivity index (χ2v) is 6.80. The fourth-order valence-electron chi connectivity index (χ4n) is 3.10. The summed E-state index contributed by atoms with van der Waals surface area (Å²) >= 11 is 0. The minimum atomic E-state index is -0.633. The van der Waals surface area contributed by atoms with Crippen LogP contribution < -0.4 is 10.6 Å². The van der Waals surface area contributed by atoms with E-state index in [1.807, 2.05) is 0 Å². The molecule has 8 heteroatoms. The molecule has 4 aromatic rings. The number of anilines is 2. The van der Waals surface area contributed by atoms with Crippen LogP contribution in [0.5, 0.6) is 0 Å². The van der Waals surface area contributed by atoms with E-state index in [-0.39, 0.29) is 11.1 Å². The Hall–Kier alpha value is -4.33. The molecular weight excluding hydrogens is 397 g/mol. The molecule has 0 aliphatic heterocycles. The van der Waals surface area contributed by atoms with E-state index in [9.17, 15) is 14.0 Å². The van der Waals surface area contributed by atoms with Crippen LogP contribution in [0.3, 0.4) is 0 Å². The smallest absolute Gasteiger partial charge is 0.258 e. The highest BCUT2D eigenvalue weighted by atomic mass is 19.1. The lowest BCUT2D eigenvalue weighted by atomic mass is 10.1. The molecule has 3 aromatic carbocycles. The van der Waals surface area contributed by atoms with Gasteiger partial charge in [0, 0.05) is 11.3 Å². The van der Waals surface area contributed by atoms with Crippen molar-refractivity contribution < 1.29 is 14.0 Å². The first-order chi connectivity index (χ1) is 15.0. The van der Waals surface area contributed by atoms with Gasteiger partial charge in [-0.3, -0.25) is 14.7 Å². The molecular formula is C23H18FN5O2. The van der Waals surface area contributed by atoms with Gasteiger partial charge in [-0.1, -0.05) is 24.3 Å². The Bertz CT molecular complexity index is 1240. The molecule has 0 unspecified atom stereocenters. The predicted octanol–water partition coefficient (Wildman–Crippen LogP) is 4.42. The number of aromatic amines is 1. The third kappa shape index (κ3) is 4.32. The van der Waals surface area contributed by atoms with Crippen molar-refractivity contribution in [3.05, 3.63) is 95.6 Å². The van der Waals surface area contributed by atoms with Crippen molar-refractivity contribution in [1.82, 2.24) is 15.2 Å². The lowest BCUT2D eigenvalue weighted by Crippen LogP contribution is -2.20. The van der Waals surface area contributed by atoms with Crippen LogP contribution in [0.4, 0.5) is 15.8 Å². The minimum Gasteiger partial charge on any atom is -0.322 e. The van der Waals surface area contributed by atoms with Crippen LogP contribution in [0.1, 0.15) is 26.3 Å². The van der Waals surface area contributed by atoms with Gasteiger partial charge in [-0.15, -0.1) is 0 Å². The highest BCUT2D eigenvalue weighted by molar-refractivity contribution is 6.13. The molecule has 31 heavy (non-hydrogen) atoms. The number of para-hydroxylation sites is 1. The minimum absolute atomic E-state index is 0.0971. The number of amides is 2. The predicted molar refractivity (Wildman–Crippen MR) is 115 cm³/mol.